The fourth-order valence-electron chi connectivity index (χ4n) is 1.92. The highest BCUT2D eigenvalue weighted by molar-refractivity contribution is 9.10. The fourth-order valence-corrected chi connectivity index (χ4v) is 4.29. The van der Waals surface area contributed by atoms with Crippen LogP contribution in [0.15, 0.2) is 73.2 Å². The molecule has 5 heteroatoms. The first-order chi connectivity index (χ1) is 11.1. The SMILES string of the molecule is Cc1cc(N=Cc2ccc(Sc3ccc(Cl)cc3)s2)ccc1Br. The molecular formula is C18H13BrClNS2. The van der Waals surface area contributed by atoms with E-state index in [1.165, 1.54) is 14.7 Å². The van der Waals surface area contributed by atoms with Gasteiger partial charge in [0.05, 0.1) is 9.90 Å². The lowest BCUT2D eigenvalue weighted by Crippen LogP contribution is -1.76. The Hall–Kier alpha value is -1.07. The summed E-state index contributed by atoms with van der Waals surface area (Å²) < 4.78 is 2.34. The van der Waals surface area contributed by atoms with Crippen LogP contribution in [0.25, 0.3) is 0 Å². The van der Waals surface area contributed by atoms with Crippen molar-refractivity contribution in [3.8, 4) is 0 Å². The Bertz CT molecular complexity index is 840. The molecule has 3 aromatic rings. The van der Waals surface area contributed by atoms with E-state index < -0.39 is 0 Å². The van der Waals surface area contributed by atoms with Gasteiger partial charge < -0.3 is 0 Å². The monoisotopic (exact) mass is 421 g/mol. The molecule has 0 N–H and O–H groups in total. The molecule has 0 atom stereocenters. The smallest absolute Gasteiger partial charge is 0.0653 e. The summed E-state index contributed by atoms with van der Waals surface area (Å²) in [6, 6.07) is 18.2. The minimum atomic E-state index is 0.762. The van der Waals surface area contributed by atoms with E-state index in [0.717, 1.165) is 20.1 Å². The number of aliphatic imine (C=N–C) groups is 1. The number of benzene rings is 2. The van der Waals surface area contributed by atoms with Crippen LogP contribution >= 0.6 is 50.6 Å². The minimum Gasteiger partial charge on any atom is -0.255 e. The van der Waals surface area contributed by atoms with E-state index in [0.29, 0.717) is 0 Å². The molecule has 0 amide bonds. The van der Waals surface area contributed by atoms with E-state index in [1.54, 1.807) is 23.1 Å². The van der Waals surface area contributed by atoms with Gasteiger partial charge in [0.25, 0.3) is 0 Å². The zero-order valence-corrected chi connectivity index (χ0v) is 16.3. The number of thiophene rings is 1. The molecule has 1 nitrogen and oxygen atoms in total. The van der Waals surface area contributed by atoms with Gasteiger partial charge in [0.15, 0.2) is 0 Å². The van der Waals surface area contributed by atoms with E-state index >= 15 is 0 Å². The van der Waals surface area contributed by atoms with Crippen molar-refractivity contribution in [2.45, 2.75) is 16.0 Å². The molecule has 2 aromatic carbocycles. The van der Waals surface area contributed by atoms with Gasteiger partial charge in [-0.3, -0.25) is 4.99 Å². The topological polar surface area (TPSA) is 12.4 Å². The molecule has 0 bridgehead atoms. The second-order valence-electron chi connectivity index (χ2n) is 4.90. The Balaban J connectivity index is 1.70. The maximum Gasteiger partial charge on any atom is 0.0653 e. The molecule has 3 rings (SSSR count). The maximum atomic E-state index is 5.91. The molecule has 0 radical (unpaired) electrons. The van der Waals surface area contributed by atoms with E-state index in [4.69, 9.17) is 11.6 Å². The van der Waals surface area contributed by atoms with Gasteiger partial charge in [-0.2, -0.15) is 0 Å². The van der Waals surface area contributed by atoms with Gasteiger partial charge in [-0.05, 0) is 67.1 Å². The summed E-state index contributed by atoms with van der Waals surface area (Å²) in [5, 5.41) is 0.762. The van der Waals surface area contributed by atoms with Crippen molar-refractivity contribution in [3.63, 3.8) is 0 Å². The van der Waals surface area contributed by atoms with Crippen LogP contribution in [0.3, 0.4) is 0 Å². The minimum absolute atomic E-state index is 0.762. The van der Waals surface area contributed by atoms with Crippen LogP contribution in [-0.4, -0.2) is 6.21 Å². The third-order valence-corrected chi connectivity index (χ3v) is 6.42. The van der Waals surface area contributed by atoms with Crippen LogP contribution in [0.5, 0.6) is 0 Å². The van der Waals surface area contributed by atoms with Crippen molar-refractivity contribution in [2.24, 2.45) is 4.99 Å². The first kappa shape index (κ1) is 16.8. The summed E-state index contributed by atoms with van der Waals surface area (Å²) in [4.78, 5) is 6.87. The second-order valence-corrected chi connectivity index (χ2v) is 8.68. The van der Waals surface area contributed by atoms with Crippen molar-refractivity contribution < 1.29 is 0 Å². The summed E-state index contributed by atoms with van der Waals surface area (Å²) in [5.41, 5.74) is 2.15. The van der Waals surface area contributed by atoms with Crippen LogP contribution in [0.1, 0.15) is 10.4 Å². The second kappa shape index (κ2) is 7.67. The molecule has 0 spiro atoms. The third kappa shape index (κ3) is 4.70. The van der Waals surface area contributed by atoms with E-state index in [1.807, 2.05) is 42.6 Å². The highest BCUT2D eigenvalue weighted by atomic mass is 79.9. The standard InChI is InChI=1S/C18H13BrClNS2/c1-12-10-14(4-8-17(12)19)21-11-16-7-9-18(23-16)22-15-5-2-13(20)3-6-15/h2-11H,1H3. The molecular weight excluding hydrogens is 410 g/mol. The molecule has 23 heavy (non-hydrogen) atoms. The van der Waals surface area contributed by atoms with Crippen molar-refractivity contribution in [2.75, 3.05) is 0 Å². The quantitative estimate of drug-likeness (QED) is 0.400. The number of nitrogens with zero attached hydrogens (tertiary/aromatic N) is 1. The molecule has 0 saturated heterocycles. The molecule has 0 saturated carbocycles. The normalized spacial score (nSPS) is 11.3. The molecule has 1 heterocycles. The lowest BCUT2D eigenvalue weighted by atomic mass is 10.2. The third-order valence-electron chi connectivity index (χ3n) is 3.12. The predicted molar refractivity (Wildman–Crippen MR) is 106 cm³/mol. The van der Waals surface area contributed by atoms with Crippen molar-refractivity contribution in [1.29, 1.82) is 0 Å². The highest BCUT2D eigenvalue weighted by Gasteiger charge is 2.02. The summed E-state index contributed by atoms with van der Waals surface area (Å²) in [7, 11) is 0. The van der Waals surface area contributed by atoms with Crippen molar-refractivity contribution >= 4 is 62.5 Å². The van der Waals surface area contributed by atoms with E-state index in [9.17, 15) is 0 Å². The Morgan fingerprint density at radius 3 is 2.61 bits per heavy atom. The number of halogens is 2. The lowest BCUT2D eigenvalue weighted by Gasteiger charge is -1.99. The predicted octanol–water partition coefficient (Wildman–Crippen LogP) is 7.37. The fraction of sp³-hybridized carbons (Fsp3) is 0.0556. The first-order valence-electron chi connectivity index (χ1n) is 6.94. The molecule has 1 aromatic heterocycles. The van der Waals surface area contributed by atoms with E-state index in [-0.39, 0.29) is 0 Å². The molecule has 0 unspecified atom stereocenters. The number of aryl methyl sites for hydroxylation is 1. The van der Waals surface area contributed by atoms with Gasteiger partial charge in [0, 0.05) is 25.5 Å². The zero-order chi connectivity index (χ0) is 16.2. The van der Waals surface area contributed by atoms with Crippen molar-refractivity contribution in [3.05, 3.63) is 74.5 Å². The summed E-state index contributed by atoms with van der Waals surface area (Å²) in [6.45, 7) is 2.06. The lowest BCUT2D eigenvalue weighted by molar-refractivity contribution is 1.40. The van der Waals surface area contributed by atoms with Crippen LogP contribution in [0, 0.1) is 6.92 Å². The van der Waals surface area contributed by atoms with E-state index in [2.05, 4.69) is 46.0 Å². The Kier molecular flexibility index (Phi) is 5.59. The Morgan fingerprint density at radius 1 is 1.09 bits per heavy atom. The average molecular weight is 423 g/mol. The zero-order valence-electron chi connectivity index (χ0n) is 12.3. The largest absolute Gasteiger partial charge is 0.255 e. The number of hydrogen-bond donors (Lipinski definition) is 0. The van der Waals surface area contributed by atoms with Crippen LogP contribution in [-0.2, 0) is 0 Å². The van der Waals surface area contributed by atoms with Gasteiger partial charge in [-0.15, -0.1) is 11.3 Å². The molecule has 0 fully saturated rings. The highest BCUT2D eigenvalue weighted by Crippen LogP contribution is 2.33. The first-order valence-corrected chi connectivity index (χ1v) is 9.74. The van der Waals surface area contributed by atoms with Gasteiger partial charge in [-0.1, -0.05) is 39.3 Å². The summed E-state index contributed by atoms with van der Waals surface area (Å²) in [6.07, 6.45) is 1.92. The maximum absolute atomic E-state index is 5.91. The Labute approximate surface area is 157 Å². The van der Waals surface area contributed by atoms with Gasteiger partial charge in [0.2, 0.25) is 0 Å². The van der Waals surface area contributed by atoms with Crippen LogP contribution in [0.2, 0.25) is 5.02 Å². The van der Waals surface area contributed by atoms with Crippen molar-refractivity contribution in [1.82, 2.24) is 0 Å². The number of hydrogen-bond acceptors (Lipinski definition) is 3. The van der Waals surface area contributed by atoms with Gasteiger partial charge in [-0.25, -0.2) is 0 Å². The average Bonchev–Trinajstić information content (AvgIpc) is 2.98. The molecule has 0 aliphatic rings. The summed E-state index contributed by atoms with van der Waals surface area (Å²) >= 11 is 12.9. The summed E-state index contributed by atoms with van der Waals surface area (Å²) in [5.74, 6) is 0. The molecule has 0 aliphatic heterocycles. The van der Waals surface area contributed by atoms with Crippen LogP contribution < -0.4 is 0 Å². The molecule has 0 aliphatic carbocycles. The van der Waals surface area contributed by atoms with Gasteiger partial charge in [0.1, 0.15) is 0 Å². The Morgan fingerprint density at radius 2 is 1.87 bits per heavy atom. The van der Waals surface area contributed by atoms with Gasteiger partial charge >= 0.3 is 0 Å². The molecule has 116 valence electrons. The van der Waals surface area contributed by atoms with Crippen LogP contribution in [0.4, 0.5) is 5.69 Å². The number of rotatable bonds is 4.